The highest BCUT2D eigenvalue weighted by molar-refractivity contribution is 6.01. The second kappa shape index (κ2) is 5.84. The van der Waals surface area contributed by atoms with E-state index in [1.54, 1.807) is 11.2 Å². The van der Waals surface area contributed by atoms with Gasteiger partial charge in [-0.3, -0.25) is 4.79 Å². The van der Waals surface area contributed by atoms with Crippen molar-refractivity contribution in [1.29, 1.82) is 0 Å². The van der Waals surface area contributed by atoms with Crippen LogP contribution in [0.5, 0.6) is 11.5 Å². The van der Waals surface area contributed by atoms with Crippen molar-refractivity contribution in [1.82, 2.24) is 4.90 Å². The number of carbonyl (C=O) groups is 1. The maximum Gasteiger partial charge on any atom is 0.258 e. The maximum atomic E-state index is 13.1. The molecule has 26 heavy (non-hydrogen) atoms. The number of fused-ring (bicyclic) bond motifs is 2. The number of furan rings is 1. The zero-order valence-electron chi connectivity index (χ0n) is 13.8. The minimum Gasteiger partial charge on any atom is -0.465 e. The van der Waals surface area contributed by atoms with Crippen LogP contribution in [0, 0.1) is 0 Å². The average molecular weight is 348 g/mol. The Morgan fingerprint density at radius 1 is 1.04 bits per heavy atom. The third-order valence-electron chi connectivity index (χ3n) is 4.62. The van der Waals surface area contributed by atoms with E-state index in [2.05, 4.69) is 5.32 Å². The van der Waals surface area contributed by atoms with Crippen LogP contribution in [-0.4, -0.2) is 17.6 Å². The Morgan fingerprint density at radius 3 is 2.81 bits per heavy atom. The number of rotatable bonds is 3. The molecule has 2 aromatic carbocycles. The molecule has 2 aliphatic heterocycles. The van der Waals surface area contributed by atoms with Gasteiger partial charge in [0.1, 0.15) is 5.76 Å². The van der Waals surface area contributed by atoms with Crippen LogP contribution >= 0.6 is 0 Å². The zero-order valence-corrected chi connectivity index (χ0v) is 13.8. The number of ether oxygens (including phenoxy) is 2. The minimum absolute atomic E-state index is 0.0431. The second-order valence-corrected chi connectivity index (χ2v) is 6.23. The van der Waals surface area contributed by atoms with Crippen molar-refractivity contribution in [3.05, 3.63) is 77.7 Å². The molecule has 0 unspecified atom stereocenters. The molecule has 0 spiro atoms. The molecule has 6 nitrogen and oxygen atoms in total. The van der Waals surface area contributed by atoms with E-state index in [1.165, 1.54) is 0 Å². The number of benzene rings is 2. The third-order valence-corrected chi connectivity index (χ3v) is 4.62. The molecular formula is C20H16N2O4. The van der Waals surface area contributed by atoms with Gasteiger partial charge >= 0.3 is 0 Å². The Morgan fingerprint density at radius 2 is 1.92 bits per heavy atom. The van der Waals surface area contributed by atoms with Crippen molar-refractivity contribution < 1.29 is 18.7 Å². The monoisotopic (exact) mass is 348 g/mol. The molecule has 130 valence electrons. The first-order valence-electron chi connectivity index (χ1n) is 8.38. The average Bonchev–Trinajstić information content (AvgIpc) is 3.35. The molecule has 0 saturated carbocycles. The Balaban J connectivity index is 1.53. The highest BCUT2D eigenvalue weighted by Crippen LogP contribution is 2.36. The Hall–Kier alpha value is -3.41. The number of hydrogen-bond donors (Lipinski definition) is 1. The van der Waals surface area contributed by atoms with E-state index < -0.39 is 0 Å². The molecule has 0 radical (unpaired) electrons. The van der Waals surface area contributed by atoms with Crippen molar-refractivity contribution >= 4 is 11.6 Å². The zero-order chi connectivity index (χ0) is 17.5. The van der Waals surface area contributed by atoms with Gasteiger partial charge in [-0.15, -0.1) is 0 Å². The lowest BCUT2D eigenvalue weighted by Crippen LogP contribution is -2.42. The molecule has 0 saturated heterocycles. The van der Waals surface area contributed by atoms with Gasteiger partial charge in [0.05, 0.1) is 11.8 Å². The van der Waals surface area contributed by atoms with Crippen molar-refractivity contribution in [2.24, 2.45) is 0 Å². The first-order valence-corrected chi connectivity index (χ1v) is 8.38. The fourth-order valence-corrected chi connectivity index (χ4v) is 3.36. The molecule has 3 heterocycles. The normalized spacial score (nSPS) is 17.8. The van der Waals surface area contributed by atoms with Crippen molar-refractivity contribution in [2.75, 3.05) is 12.1 Å². The summed E-state index contributed by atoms with van der Waals surface area (Å²) in [4.78, 5) is 14.9. The van der Waals surface area contributed by atoms with Crippen LogP contribution in [0.1, 0.15) is 27.8 Å². The molecule has 0 fully saturated rings. The number of para-hydroxylation sites is 1. The lowest BCUT2D eigenvalue weighted by Gasteiger charge is -2.36. The van der Waals surface area contributed by atoms with Gasteiger partial charge in [0.2, 0.25) is 6.79 Å². The first-order chi connectivity index (χ1) is 12.8. The van der Waals surface area contributed by atoms with E-state index >= 15 is 0 Å². The summed E-state index contributed by atoms with van der Waals surface area (Å²) in [7, 11) is 0. The van der Waals surface area contributed by atoms with E-state index in [4.69, 9.17) is 13.9 Å². The fourth-order valence-electron chi connectivity index (χ4n) is 3.36. The van der Waals surface area contributed by atoms with Crippen LogP contribution in [0.4, 0.5) is 5.69 Å². The smallest absolute Gasteiger partial charge is 0.258 e. The molecule has 1 atom stereocenters. The molecule has 1 N–H and O–H groups in total. The summed E-state index contributed by atoms with van der Waals surface area (Å²) < 4.78 is 16.4. The number of carbonyl (C=O) groups excluding carboxylic acids is 1. The van der Waals surface area contributed by atoms with E-state index in [0.29, 0.717) is 23.6 Å². The standard InChI is InChI=1S/C20H16N2O4/c23-20-14-4-1-2-5-15(14)21-19(17-6-3-9-24-17)22(20)11-13-7-8-16-18(10-13)26-12-25-16/h1-10,19,21H,11-12H2/t19-/m1/s1. The van der Waals surface area contributed by atoms with Gasteiger partial charge in [-0.05, 0) is 42.0 Å². The minimum atomic E-state index is -0.377. The molecule has 1 aromatic heterocycles. The first kappa shape index (κ1) is 14.9. The summed E-state index contributed by atoms with van der Waals surface area (Å²) in [6.45, 7) is 0.646. The summed E-state index contributed by atoms with van der Waals surface area (Å²) in [5.41, 5.74) is 2.41. The molecule has 5 rings (SSSR count). The Bertz CT molecular complexity index is 968. The fraction of sp³-hybridized carbons (Fsp3) is 0.150. The lowest BCUT2D eigenvalue weighted by atomic mass is 10.1. The topological polar surface area (TPSA) is 63.9 Å². The number of nitrogens with one attached hydrogen (secondary N) is 1. The van der Waals surface area contributed by atoms with Gasteiger partial charge in [0.15, 0.2) is 17.7 Å². The van der Waals surface area contributed by atoms with Gasteiger partial charge in [-0.25, -0.2) is 0 Å². The van der Waals surface area contributed by atoms with E-state index in [9.17, 15) is 4.79 Å². The molecule has 1 amide bonds. The SMILES string of the molecule is O=C1c2ccccc2N[C@@H](c2ccco2)N1Cc1ccc2c(c1)OCO2. The summed E-state index contributed by atoms with van der Waals surface area (Å²) in [5.74, 6) is 2.08. The predicted molar refractivity (Wildman–Crippen MR) is 94.0 cm³/mol. The predicted octanol–water partition coefficient (Wildman–Crippen LogP) is 3.78. The molecular weight excluding hydrogens is 332 g/mol. The molecule has 2 aliphatic rings. The largest absolute Gasteiger partial charge is 0.465 e. The van der Waals surface area contributed by atoms with Gasteiger partial charge in [-0.2, -0.15) is 0 Å². The number of anilines is 1. The van der Waals surface area contributed by atoms with Crippen LogP contribution in [0.25, 0.3) is 0 Å². The van der Waals surface area contributed by atoms with Crippen molar-refractivity contribution in [3.63, 3.8) is 0 Å². The van der Waals surface area contributed by atoms with Crippen LogP contribution < -0.4 is 14.8 Å². The van der Waals surface area contributed by atoms with Gasteiger partial charge in [0, 0.05) is 12.2 Å². The van der Waals surface area contributed by atoms with Gasteiger partial charge in [-0.1, -0.05) is 18.2 Å². The molecule has 6 heteroatoms. The van der Waals surface area contributed by atoms with Crippen LogP contribution in [0.15, 0.2) is 65.3 Å². The summed E-state index contributed by atoms with van der Waals surface area (Å²) >= 11 is 0. The van der Waals surface area contributed by atoms with Gasteiger partial charge in [0.25, 0.3) is 5.91 Å². The molecule has 0 bridgehead atoms. The Kier molecular flexibility index (Phi) is 3.35. The summed E-state index contributed by atoms with van der Waals surface area (Å²) in [6, 6.07) is 16.9. The molecule has 0 aliphatic carbocycles. The Labute approximate surface area is 149 Å². The van der Waals surface area contributed by atoms with Gasteiger partial charge < -0.3 is 24.1 Å². The number of nitrogens with zero attached hydrogens (tertiary/aromatic N) is 1. The molecule has 3 aromatic rings. The summed E-state index contributed by atoms with van der Waals surface area (Å²) in [6.07, 6.45) is 1.23. The van der Waals surface area contributed by atoms with E-state index in [0.717, 1.165) is 17.0 Å². The van der Waals surface area contributed by atoms with Crippen LogP contribution in [0.2, 0.25) is 0 Å². The highest BCUT2D eigenvalue weighted by atomic mass is 16.7. The van der Waals surface area contributed by atoms with E-state index in [-0.39, 0.29) is 18.9 Å². The lowest BCUT2D eigenvalue weighted by molar-refractivity contribution is 0.0645. The quantitative estimate of drug-likeness (QED) is 0.780. The second-order valence-electron chi connectivity index (χ2n) is 6.23. The van der Waals surface area contributed by atoms with Crippen LogP contribution in [-0.2, 0) is 6.54 Å². The van der Waals surface area contributed by atoms with E-state index in [1.807, 2.05) is 54.6 Å². The maximum absolute atomic E-state index is 13.1. The highest BCUT2D eigenvalue weighted by Gasteiger charge is 2.34. The summed E-state index contributed by atoms with van der Waals surface area (Å²) in [5, 5.41) is 3.41. The third kappa shape index (κ3) is 2.38. The number of amides is 1. The van der Waals surface area contributed by atoms with Crippen molar-refractivity contribution in [2.45, 2.75) is 12.7 Å². The van der Waals surface area contributed by atoms with Crippen molar-refractivity contribution in [3.8, 4) is 11.5 Å². The number of hydrogen-bond acceptors (Lipinski definition) is 5. The van der Waals surface area contributed by atoms with Crippen LogP contribution in [0.3, 0.4) is 0 Å².